The van der Waals surface area contributed by atoms with E-state index in [9.17, 15) is 9.18 Å². The summed E-state index contributed by atoms with van der Waals surface area (Å²) in [7, 11) is 1.53. The maximum Gasteiger partial charge on any atom is 0.262 e. The third-order valence-corrected chi connectivity index (χ3v) is 2.88. The molecule has 0 aliphatic carbocycles. The Morgan fingerprint density at radius 3 is 2.67 bits per heavy atom. The van der Waals surface area contributed by atoms with Crippen LogP contribution in [-0.2, 0) is 4.79 Å². The van der Waals surface area contributed by atoms with E-state index < -0.39 is 0 Å². The van der Waals surface area contributed by atoms with Crippen molar-refractivity contribution in [1.29, 1.82) is 0 Å². The zero-order valence-electron chi connectivity index (χ0n) is 11.9. The summed E-state index contributed by atoms with van der Waals surface area (Å²) in [5.41, 5.74) is 1.21. The molecule has 0 saturated heterocycles. The van der Waals surface area contributed by atoms with Crippen molar-refractivity contribution in [2.24, 2.45) is 0 Å². The van der Waals surface area contributed by atoms with Crippen molar-refractivity contribution < 1.29 is 18.7 Å². The molecule has 0 spiro atoms. The fourth-order valence-corrected chi connectivity index (χ4v) is 1.85. The summed E-state index contributed by atoms with van der Waals surface area (Å²) in [6, 6.07) is 11.2. The van der Waals surface area contributed by atoms with Crippen LogP contribution < -0.4 is 14.8 Å². The highest BCUT2D eigenvalue weighted by atomic mass is 19.1. The minimum Gasteiger partial charge on any atom is -0.495 e. The van der Waals surface area contributed by atoms with Crippen LogP contribution in [0.1, 0.15) is 5.56 Å². The Kier molecular flexibility index (Phi) is 4.77. The van der Waals surface area contributed by atoms with Gasteiger partial charge in [-0.1, -0.05) is 12.1 Å². The smallest absolute Gasteiger partial charge is 0.262 e. The van der Waals surface area contributed by atoms with Crippen molar-refractivity contribution in [3.8, 4) is 11.5 Å². The number of anilines is 1. The lowest BCUT2D eigenvalue weighted by Crippen LogP contribution is -2.20. The summed E-state index contributed by atoms with van der Waals surface area (Å²) in [6.45, 7) is 1.56. The van der Waals surface area contributed by atoms with Crippen LogP contribution in [0.3, 0.4) is 0 Å². The van der Waals surface area contributed by atoms with Crippen molar-refractivity contribution in [1.82, 2.24) is 0 Å². The lowest BCUT2D eigenvalue weighted by Gasteiger charge is -2.11. The van der Waals surface area contributed by atoms with Crippen molar-refractivity contribution in [3.05, 3.63) is 53.8 Å². The topological polar surface area (TPSA) is 47.6 Å². The molecule has 2 rings (SSSR count). The number of halogens is 1. The molecule has 4 nitrogen and oxygen atoms in total. The van der Waals surface area contributed by atoms with E-state index in [1.807, 2.05) is 6.07 Å². The van der Waals surface area contributed by atoms with Gasteiger partial charge in [-0.3, -0.25) is 4.79 Å². The van der Waals surface area contributed by atoms with Gasteiger partial charge in [-0.05, 0) is 42.8 Å². The Balaban J connectivity index is 1.96. The average Bonchev–Trinajstić information content (AvgIpc) is 2.47. The summed E-state index contributed by atoms with van der Waals surface area (Å²) < 4.78 is 23.5. The predicted octanol–water partition coefficient (Wildman–Crippen LogP) is 3.16. The second-order valence-electron chi connectivity index (χ2n) is 4.45. The number of rotatable bonds is 5. The Morgan fingerprint density at radius 1 is 1.19 bits per heavy atom. The summed E-state index contributed by atoms with van der Waals surface area (Å²) in [4.78, 5) is 11.9. The number of amides is 1. The number of carbonyl (C=O) groups is 1. The van der Waals surface area contributed by atoms with E-state index in [0.717, 1.165) is 0 Å². The molecule has 1 N–H and O–H groups in total. The number of nitrogens with one attached hydrogen (secondary N) is 1. The molecule has 0 unspecified atom stereocenters. The molecule has 1 amide bonds. The molecule has 0 fully saturated rings. The van der Waals surface area contributed by atoms with Crippen LogP contribution in [-0.4, -0.2) is 19.6 Å². The first-order chi connectivity index (χ1) is 10.1. The molecule has 2 aromatic rings. The third-order valence-electron chi connectivity index (χ3n) is 2.88. The zero-order chi connectivity index (χ0) is 15.2. The molecule has 5 heteroatoms. The molecule has 0 heterocycles. The Hall–Kier alpha value is -2.56. The van der Waals surface area contributed by atoms with Gasteiger partial charge in [-0.25, -0.2) is 4.39 Å². The molecule has 0 radical (unpaired) electrons. The minimum atomic E-state index is -0.335. The third kappa shape index (κ3) is 3.95. The standard InChI is InChI=1S/C16H16FNO3/c1-11-9-12(17)7-8-14(11)21-10-16(19)18-13-5-3-4-6-15(13)20-2/h3-9H,10H2,1-2H3,(H,18,19). The summed E-state index contributed by atoms with van der Waals surface area (Å²) >= 11 is 0. The average molecular weight is 289 g/mol. The highest BCUT2D eigenvalue weighted by molar-refractivity contribution is 5.93. The van der Waals surface area contributed by atoms with E-state index in [1.165, 1.54) is 25.3 Å². The van der Waals surface area contributed by atoms with Gasteiger partial charge in [0.1, 0.15) is 17.3 Å². The number of benzene rings is 2. The Morgan fingerprint density at radius 2 is 1.95 bits per heavy atom. The molecule has 21 heavy (non-hydrogen) atoms. The first-order valence-electron chi connectivity index (χ1n) is 6.42. The predicted molar refractivity (Wildman–Crippen MR) is 78.3 cm³/mol. The fourth-order valence-electron chi connectivity index (χ4n) is 1.85. The number of carbonyl (C=O) groups excluding carboxylic acids is 1. The highest BCUT2D eigenvalue weighted by Gasteiger charge is 2.08. The van der Waals surface area contributed by atoms with Gasteiger partial charge in [0, 0.05) is 0 Å². The largest absolute Gasteiger partial charge is 0.495 e. The monoisotopic (exact) mass is 289 g/mol. The second kappa shape index (κ2) is 6.74. The summed E-state index contributed by atoms with van der Waals surface area (Å²) in [6.07, 6.45) is 0. The molecule has 0 aromatic heterocycles. The van der Waals surface area contributed by atoms with Gasteiger partial charge in [0.15, 0.2) is 6.61 Å². The van der Waals surface area contributed by atoms with Gasteiger partial charge < -0.3 is 14.8 Å². The van der Waals surface area contributed by atoms with Crippen LogP contribution in [0.15, 0.2) is 42.5 Å². The zero-order valence-corrected chi connectivity index (χ0v) is 11.9. The quantitative estimate of drug-likeness (QED) is 0.919. The van der Waals surface area contributed by atoms with Gasteiger partial charge in [-0.2, -0.15) is 0 Å². The first-order valence-corrected chi connectivity index (χ1v) is 6.42. The van der Waals surface area contributed by atoms with Crippen molar-refractivity contribution in [3.63, 3.8) is 0 Å². The normalized spacial score (nSPS) is 10.0. The van der Waals surface area contributed by atoms with Crippen LogP contribution in [0.4, 0.5) is 10.1 Å². The molecule has 0 saturated carbocycles. The molecule has 0 aliphatic heterocycles. The summed E-state index contributed by atoms with van der Waals surface area (Å²) in [5.74, 6) is 0.400. The first kappa shape index (κ1) is 14.8. The van der Waals surface area contributed by atoms with Crippen LogP contribution in [0, 0.1) is 12.7 Å². The van der Waals surface area contributed by atoms with Crippen molar-refractivity contribution >= 4 is 11.6 Å². The van der Waals surface area contributed by atoms with E-state index in [0.29, 0.717) is 22.7 Å². The molecular formula is C16H16FNO3. The SMILES string of the molecule is COc1ccccc1NC(=O)COc1ccc(F)cc1C. The maximum absolute atomic E-state index is 13.0. The molecular weight excluding hydrogens is 273 g/mol. The summed E-state index contributed by atoms with van der Waals surface area (Å²) in [5, 5.41) is 2.70. The van der Waals surface area contributed by atoms with Crippen LogP contribution in [0.5, 0.6) is 11.5 Å². The van der Waals surface area contributed by atoms with Crippen LogP contribution in [0.25, 0.3) is 0 Å². The fraction of sp³-hybridized carbons (Fsp3) is 0.188. The van der Waals surface area contributed by atoms with Crippen LogP contribution in [0.2, 0.25) is 0 Å². The molecule has 2 aromatic carbocycles. The van der Waals surface area contributed by atoms with Gasteiger partial charge in [0.25, 0.3) is 5.91 Å². The van der Waals surface area contributed by atoms with E-state index >= 15 is 0 Å². The highest BCUT2D eigenvalue weighted by Crippen LogP contribution is 2.23. The number of hydrogen-bond acceptors (Lipinski definition) is 3. The minimum absolute atomic E-state index is 0.162. The Labute approximate surface area is 122 Å². The number of methoxy groups -OCH3 is 1. The van der Waals surface area contributed by atoms with Crippen LogP contribution >= 0.6 is 0 Å². The lowest BCUT2D eigenvalue weighted by molar-refractivity contribution is -0.118. The van der Waals surface area contributed by atoms with E-state index in [1.54, 1.807) is 25.1 Å². The van der Waals surface area contributed by atoms with Gasteiger partial charge >= 0.3 is 0 Å². The van der Waals surface area contributed by atoms with Crippen molar-refractivity contribution in [2.75, 3.05) is 19.0 Å². The van der Waals surface area contributed by atoms with Gasteiger partial charge in [0.05, 0.1) is 12.8 Å². The molecule has 0 bridgehead atoms. The number of para-hydroxylation sites is 2. The van der Waals surface area contributed by atoms with E-state index in [4.69, 9.17) is 9.47 Å². The second-order valence-corrected chi connectivity index (χ2v) is 4.45. The number of ether oxygens (including phenoxy) is 2. The number of aryl methyl sites for hydroxylation is 1. The van der Waals surface area contributed by atoms with Crippen molar-refractivity contribution in [2.45, 2.75) is 6.92 Å². The Bertz CT molecular complexity index is 643. The van der Waals surface area contributed by atoms with Gasteiger partial charge in [-0.15, -0.1) is 0 Å². The molecule has 0 atom stereocenters. The maximum atomic E-state index is 13.0. The van der Waals surface area contributed by atoms with E-state index in [-0.39, 0.29) is 18.3 Å². The van der Waals surface area contributed by atoms with Gasteiger partial charge in [0.2, 0.25) is 0 Å². The lowest BCUT2D eigenvalue weighted by atomic mass is 10.2. The number of hydrogen-bond donors (Lipinski definition) is 1. The van der Waals surface area contributed by atoms with E-state index in [2.05, 4.69) is 5.32 Å². The molecule has 110 valence electrons. The molecule has 0 aliphatic rings.